The standard InChI is InChI=1S/C17H26O4/c1-5-9-11-12-14-17(13-10-6-2,15(18)20-7-3)16(19)21-8-4/h2,11-12H,5,7-10,13-14H2,1,3-4H3/b12-11+. The molecule has 118 valence electrons. The van der Waals surface area contributed by atoms with Crippen molar-refractivity contribution in [2.45, 2.75) is 52.9 Å². The highest BCUT2D eigenvalue weighted by Gasteiger charge is 2.47. The highest BCUT2D eigenvalue weighted by atomic mass is 16.6. The van der Waals surface area contributed by atoms with Gasteiger partial charge in [0.15, 0.2) is 5.41 Å². The zero-order valence-corrected chi connectivity index (χ0v) is 13.3. The molecule has 0 aliphatic rings. The molecule has 0 aliphatic heterocycles. The van der Waals surface area contributed by atoms with E-state index in [0.717, 1.165) is 12.8 Å². The van der Waals surface area contributed by atoms with Gasteiger partial charge in [0.1, 0.15) is 0 Å². The minimum Gasteiger partial charge on any atom is -0.465 e. The molecular weight excluding hydrogens is 268 g/mol. The summed E-state index contributed by atoms with van der Waals surface area (Å²) in [7, 11) is 0. The number of hydrogen-bond donors (Lipinski definition) is 0. The molecule has 0 bridgehead atoms. The Kier molecular flexibility index (Phi) is 10.0. The lowest BCUT2D eigenvalue weighted by Crippen LogP contribution is -2.42. The summed E-state index contributed by atoms with van der Waals surface area (Å²) in [4.78, 5) is 24.7. The van der Waals surface area contributed by atoms with Gasteiger partial charge in [-0.2, -0.15) is 0 Å². The number of rotatable bonds is 10. The Morgan fingerprint density at radius 2 is 1.67 bits per heavy atom. The third-order valence-corrected chi connectivity index (χ3v) is 3.12. The minimum atomic E-state index is -1.33. The number of ether oxygens (including phenoxy) is 2. The van der Waals surface area contributed by atoms with Crippen molar-refractivity contribution in [2.75, 3.05) is 13.2 Å². The summed E-state index contributed by atoms with van der Waals surface area (Å²) >= 11 is 0. The monoisotopic (exact) mass is 294 g/mol. The first-order valence-corrected chi connectivity index (χ1v) is 7.51. The van der Waals surface area contributed by atoms with Crippen molar-refractivity contribution in [1.82, 2.24) is 0 Å². The van der Waals surface area contributed by atoms with Crippen molar-refractivity contribution >= 4 is 11.9 Å². The fraction of sp³-hybridized carbons (Fsp3) is 0.647. The maximum Gasteiger partial charge on any atom is 0.323 e. The van der Waals surface area contributed by atoms with Crippen LogP contribution in [-0.4, -0.2) is 25.2 Å². The zero-order valence-electron chi connectivity index (χ0n) is 13.3. The normalized spacial score (nSPS) is 11.1. The fourth-order valence-electron chi connectivity index (χ4n) is 1.95. The first-order chi connectivity index (χ1) is 10.1. The van der Waals surface area contributed by atoms with Gasteiger partial charge in [0.25, 0.3) is 0 Å². The number of terminal acetylenes is 1. The van der Waals surface area contributed by atoms with Gasteiger partial charge < -0.3 is 9.47 Å². The summed E-state index contributed by atoms with van der Waals surface area (Å²) in [6, 6.07) is 0. The van der Waals surface area contributed by atoms with Crippen LogP contribution in [0.4, 0.5) is 0 Å². The average Bonchev–Trinajstić information content (AvgIpc) is 2.47. The molecule has 0 N–H and O–H groups in total. The van der Waals surface area contributed by atoms with E-state index in [0.29, 0.717) is 6.42 Å². The Bertz CT molecular complexity index is 372. The topological polar surface area (TPSA) is 52.6 Å². The van der Waals surface area contributed by atoms with E-state index < -0.39 is 17.4 Å². The smallest absolute Gasteiger partial charge is 0.323 e. The van der Waals surface area contributed by atoms with Crippen LogP contribution in [0.15, 0.2) is 12.2 Å². The maximum atomic E-state index is 12.3. The van der Waals surface area contributed by atoms with E-state index in [1.807, 2.05) is 12.2 Å². The number of allylic oxidation sites excluding steroid dienone is 2. The molecule has 0 amide bonds. The van der Waals surface area contributed by atoms with Crippen LogP contribution in [-0.2, 0) is 19.1 Å². The van der Waals surface area contributed by atoms with Crippen molar-refractivity contribution in [2.24, 2.45) is 5.41 Å². The molecule has 0 aromatic carbocycles. The lowest BCUT2D eigenvalue weighted by molar-refractivity contribution is -0.172. The summed E-state index contributed by atoms with van der Waals surface area (Å²) in [5.74, 6) is 1.37. The zero-order chi connectivity index (χ0) is 16.1. The van der Waals surface area contributed by atoms with Gasteiger partial charge in [-0.05, 0) is 33.1 Å². The van der Waals surface area contributed by atoms with Crippen LogP contribution < -0.4 is 0 Å². The second-order valence-electron chi connectivity index (χ2n) is 4.69. The second-order valence-corrected chi connectivity index (χ2v) is 4.69. The first kappa shape index (κ1) is 19.2. The summed E-state index contributed by atoms with van der Waals surface area (Å²) in [5, 5.41) is 0. The van der Waals surface area contributed by atoms with E-state index in [4.69, 9.17) is 15.9 Å². The number of carbonyl (C=O) groups excluding carboxylic acids is 2. The van der Waals surface area contributed by atoms with E-state index in [2.05, 4.69) is 12.8 Å². The van der Waals surface area contributed by atoms with Gasteiger partial charge in [0.2, 0.25) is 0 Å². The quantitative estimate of drug-likeness (QED) is 0.268. The highest BCUT2D eigenvalue weighted by Crippen LogP contribution is 2.32. The Hall–Kier alpha value is -1.76. The van der Waals surface area contributed by atoms with Crippen molar-refractivity contribution in [3.8, 4) is 12.3 Å². The number of unbranched alkanes of at least 4 members (excludes halogenated alkanes) is 1. The highest BCUT2D eigenvalue weighted by molar-refractivity contribution is 6.00. The second kappa shape index (κ2) is 11.0. The van der Waals surface area contributed by atoms with Crippen molar-refractivity contribution in [3.05, 3.63) is 12.2 Å². The Morgan fingerprint density at radius 1 is 1.10 bits per heavy atom. The van der Waals surface area contributed by atoms with E-state index in [1.54, 1.807) is 13.8 Å². The van der Waals surface area contributed by atoms with Gasteiger partial charge in [-0.1, -0.05) is 25.5 Å². The van der Waals surface area contributed by atoms with Crippen LogP contribution in [0.3, 0.4) is 0 Å². The number of carbonyl (C=O) groups is 2. The summed E-state index contributed by atoms with van der Waals surface area (Å²) in [6.07, 6.45) is 11.8. The van der Waals surface area contributed by atoms with E-state index in [9.17, 15) is 9.59 Å². The van der Waals surface area contributed by atoms with E-state index in [-0.39, 0.29) is 26.1 Å². The third-order valence-electron chi connectivity index (χ3n) is 3.12. The molecule has 21 heavy (non-hydrogen) atoms. The number of hydrogen-bond acceptors (Lipinski definition) is 4. The molecule has 0 aromatic rings. The van der Waals surface area contributed by atoms with Gasteiger partial charge in [-0.15, -0.1) is 12.3 Å². The molecule has 0 saturated carbocycles. The van der Waals surface area contributed by atoms with Crippen LogP contribution in [0.25, 0.3) is 0 Å². The molecule has 0 unspecified atom stereocenters. The van der Waals surface area contributed by atoms with E-state index in [1.165, 1.54) is 0 Å². The van der Waals surface area contributed by atoms with Crippen LogP contribution in [0, 0.1) is 17.8 Å². The largest absolute Gasteiger partial charge is 0.465 e. The first-order valence-electron chi connectivity index (χ1n) is 7.51. The van der Waals surface area contributed by atoms with Crippen LogP contribution in [0.5, 0.6) is 0 Å². The fourth-order valence-corrected chi connectivity index (χ4v) is 1.95. The third kappa shape index (κ3) is 6.03. The minimum absolute atomic E-state index is 0.217. The van der Waals surface area contributed by atoms with Crippen LogP contribution in [0.2, 0.25) is 0 Å². The average molecular weight is 294 g/mol. The molecule has 0 radical (unpaired) electrons. The van der Waals surface area contributed by atoms with Gasteiger partial charge in [-0.25, -0.2) is 0 Å². The van der Waals surface area contributed by atoms with Crippen molar-refractivity contribution in [1.29, 1.82) is 0 Å². The van der Waals surface area contributed by atoms with Crippen molar-refractivity contribution < 1.29 is 19.1 Å². The molecule has 0 saturated heterocycles. The molecule has 4 nitrogen and oxygen atoms in total. The Morgan fingerprint density at radius 3 is 2.10 bits per heavy atom. The van der Waals surface area contributed by atoms with Gasteiger partial charge >= 0.3 is 11.9 Å². The number of esters is 2. The predicted molar refractivity (Wildman–Crippen MR) is 82.4 cm³/mol. The molecule has 0 rings (SSSR count). The molecule has 0 spiro atoms. The summed E-state index contributed by atoms with van der Waals surface area (Å²) < 4.78 is 10.2. The van der Waals surface area contributed by atoms with Crippen LogP contribution in [0.1, 0.15) is 52.9 Å². The van der Waals surface area contributed by atoms with Crippen molar-refractivity contribution in [3.63, 3.8) is 0 Å². The molecular formula is C17H26O4. The molecule has 0 aliphatic carbocycles. The molecule has 0 aromatic heterocycles. The lowest BCUT2D eigenvalue weighted by atomic mass is 9.79. The lowest BCUT2D eigenvalue weighted by Gasteiger charge is -2.27. The SMILES string of the molecule is C#CCCC(C/C=C/CCC)(C(=O)OCC)C(=O)OCC. The molecule has 4 heteroatoms. The summed E-state index contributed by atoms with van der Waals surface area (Å²) in [6.45, 7) is 5.92. The Balaban J connectivity index is 5.33. The molecule has 0 heterocycles. The molecule has 0 atom stereocenters. The van der Waals surface area contributed by atoms with Crippen LogP contribution >= 0.6 is 0 Å². The predicted octanol–water partition coefficient (Wildman–Crippen LogP) is 3.26. The molecule has 0 fully saturated rings. The van der Waals surface area contributed by atoms with Gasteiger partial charge in [0.05, 0.1) is 13.2 Å². The Labute approximate surface area is 127 Å². The van der Waals surface area contributed by atoms with E-state index >= 15 is 0 Å². The van der Waals surface area contributed by atoms with Gasteiger partial charge in [0, 0.05) is 6.42 Å². The summed E-state index contributed by atoms with van der Waals surface area (Å²) in [5.41, 5.74) is -1.33. The van der Waals surface area contributed by atoms with Gasteiger partial charge in [-0.3, -0.25) is 9.59 Å². The maximum absolute atomic E-state index is 12.3.